The molecule has 0 saturated heterocycles. The Morgan fingerprint density at radius 3 is 2.67 bits per heavy atom. The van der Waals surface area contributed by atoms with Gasteiger partial charge < -0.3 is 0 Å². The van der Waals surface area contributed by atoms with Crippen LogP contribution in [0.3, 0.4) is 0 Å². The van der Waals surface area contributed by atoms with Gasteiger partial charge in [0, 0.05) is 11.2 Å². The predicted octanol–water partition coefficient (Wildman–Crippen LogP) is 3.69. The summed E-state index contributed by atoms with van der Waals surface area (Å²) in [6, 6.07) is 14.6. The summed E-state index contributed by atoms with van der Waals surface area (Å²) in [7, 11) is -3.71. The van der Waals surface area contributed by atoms with Gasteiger partial charge in [-0.2, -0.15) is 5.10 Å². The highest BCUT2D eigenvalue weighted by Gasteiger charge is 2.18. The summed E-state index contributed by atoms with van der Waals surface area (Å²) in [6.07, 6.45) is 3.14. The fourth-order valence-corrected chi connectivity index (χ4v) is 3.88. The maximum absolute atomic E-state index is 12.5. The summed E-state index contributed by atoms with van der Waals surface area (Å²) >= 11 is 5.91. The molecule has 1 aromatic heterocycles. The second kappa shape index (κ2) is 6.67. The standard InChI is InChI=1S/C17H16ClN3O2S/c1-13-7-8-15(18)9-17(13)24(22,23)20-16-10-19-21(12-16)11-14-5-3-2-4-6-14/h2-10,12,20H,11H2,1H3. The summed E-state index contributed by atoms with van der Waals surface area (Å²) in [5, 5.41) is 4.57. The Morgan fingerprint density at radius 1 is 1.17 bits per heavy atom. The third-order valence-corrected chi connectivity index (χ3v) is 5.27. The number of aryl methyl sites for hydroxylation is 1. The van der Waals surface area contributed by atoms with Crippen molar-refractivity contribution in [1.82, 2.24) is 9.78 Å². The van der Waals surface area contributed by atoms with Crippen LogP contribution in [0.25, 0.3) is 0 Å². The highest BCUT2D eigenvalue weighted by molar-refractivity contribution is 7.92. The number of aromatic nitrogens is 2. The minimum Gasteiger partial charge on any atom is -0.276 e. The van der Waals surface area contributed by atoms with E-state index in [-0.39, 0.29) is 4.90 Å². The Kier molecular flexibility index (Phi) is 4.59. The van der Waals surface area contributed by atoms with E-state index < -0.39 is 10.0 Å². The Balaban J connectivity index is 1.80. The second-order valence-corrected chi connectivity index (χ2v) is 7.51. The van der Waals surface area contributed by atoms with Crippen LogP contribution < -0.4 is 4.72 Å². The molecule has 0 unspecified atom stereocenters. The molecule has 0 aliphatic heterocycles. The van der Waals surface area contributed by atoms with Crippen LogP contribution in [0.1, 0.15) is 11.1 Å². The van der Waals surface area contributed by atoms with Gasteiger partial charge in [0.2, 0.25) is 0 Å². The SMILES string of the molecule is Cc1ccc(Cl)cc1S(=O)(=O)Nc1cnn(Cc2ccccc2)c1. The molecule has 5 nitrogen and oxygen atoms in total. The molecular weight excluding hydrogens is 346 g/mol. The summed E-state index contributed by atoms with van der Waals surface area (Å²) in [6.45, 7) is 2.29. The third kappa shape index (κ3) is 3.77. The molecule has 0 atom stereocenters. The highest BCUT2D eigenvalue weighted by Crippen LogP contribution is 2.22. The molecule has 0 bridgehead atoms. The van der Waals surface area contributed by atoms with Gasteiger partial charge in [-0.3, -0.25) is 9.40 Å². The molecule has 3 aromatic rings. The van der Waals surface area contributed by atoms with E-state index in [1.165, 1.54) is 12.3 Å². The summed E-state index contributed by atoms with van der Waals surface area (Å²) in [5.74, 6) is 0. The fourth-order valence-electron chi connectivity index (χ4n) is 2.35. The highest BCUT2D eigenvalue weighted by atomic mass is 35.5. The largest absolute Gasteiger partial charge is 0.276 e. The zero-order chi connectivity index (χ0) is 17.2. The molecule has 3 rings (SSSR count). The van der Waals surface area contributed by atoms with Crippen LogP contribution in [0.2, 0.25) is 5.02 Å². The van der Waals surface area contributed by atoms with Gasteiger partial charge in [0.25, 0.3) is 10.0 Å². The van der Waals surface area contributed by atoms with E-state index in [1.54, 1.807) is 29.9 Å². The van der Waals surface area contributed by atoms with Crippen molar-refractivity contribution in [3.05, 3.63) is 77.1 Å². The van der Waals surface area contributed by atoms with Gasteiger partial charge >= 0.3 is 0 Å². The van der Waals surface area contributed by atoms with Crippen molar-refractivity contribution >= 4 is 27.3 Å². The minimum atomic E-state index is -3.71. The van der Waals surface area contributed by atoms with Gasteiger partial charge in [-0.1, -0.05) is 48.0 Å². The summed E-state index contributed by atoms with van der Waals surface area (Å²) in [4.78, 5) is 0.158. The van der Waals surface area contributed by atoms with Crippen molar-refractivity contribution in [2.45, 2.75) is 18.4 Å². The van der Waals surface area contributed by atoms with Crippen LogP contribution in [-0.4, -0.2) is 18.2 Å². The number of halogens is 1. The monoisotopic (exact) mass is 361 g/mol. The minimum absolute atomic E-state index is 0.158. The Labute approximate surface area is 145 Å². The van der Waals surface area contributed by atoms with E-state index >= 15 is 0 Å². The first-order valence-electron chi connectivity index (χ1n) is 7.29. The zero-order valence-corrected chi connectivity index (χ0v) is 14.6. The van der Waals surface area contributed by atoms with Gasteiger partial charge in [0.05, 0.1) is 23.3 Å². The van der Waals surface area contributed by atoms with Crippen molar-refractivity contribution in [3.63, 3.8) is 0 Å². The molecular formula is C17H16ClN3O2S. The molecule has 0 amide bonds. The van der Waals surface area contributed by atoms with Crippen molar-refractivity contribution < 1.29 is 8.42 Å². The normalized spacial score (nSPS) is 11.4. The average molecular weight is 362 g/mol. The maximum Gasteiger partial charge on any atom is 0.262 e. The van der Waals surface area contributed by atoms with Crippen LogP contribution >= 0.6 is 11.6 Å². The van der Waals surface area contributed by atoms with Crippen LogP contribution in [0.4, 0.5) is 5.69 Å². The molecule has 7 heteroatoms. The molecule has 1 N–H and O–H groups in total. The first-order valence-corrected chi connectivity index (χ1v) is 9.15. The number of sulfonamides is 1. The number of hydrogen-bond acceptors (Lipinski definition) is 3. The van der Waals surface area contributed by atoms with Crippen molar-refractivity contribution in [2.75, 3.05) is 4.72 Å². The van der Waals surface area contributed by atoms with Crippen LogP contribution in [0.15, 0.2) is 65.8 Å². The van der Waals surface area contributed by atoms with Crippen molar-refractivity contribution in [3.8, 4) is 0 Å². The van der Waals surface area contributed by atoms with Gasteiger partial charge in [0.15, 0.2) is 0 Å². The number of benzene rings is 2. The van der Waals surface area contributed by atoms with Crippen LogP contribution in [0, 0.1) is 6.92 Å². The quantitative estimate of drug-likeness (QED) is 0.753. The fraction of sp³-hybridized carbons (Fsp3) is 0.118. The van der Waals surface area contributed by atoms with E-state index in [0.717, 1.165) is 5.56 Å². The second-order valence-electron chi connectivity index (χ2n) is 5.43. The summed E-state index contributed by atoms with van der Waals surface area (Å²) in [5.41, 5.74) is 2.12. The molecule has 0 fully saturated rings. The van der Waals surface area contributed by atoms with Crippen molar-refractivity contribution in [2.24, 2.45) is 0 Å². The number of nitrogens with zero attached hydrogens (tertiary/aromatic N) is 2. The number of hydrogen-bond donors (Lipinski definition) is 1. The Hall–Kier alpha value is -2.31. The lowest BCUT2D eigenvalue weighted by molar-refractivity contribution is 0.600. The molecule has 0 spiro atoms. The number of anilines is 1. The lowest BCUT2D eigenvalue weighted by Crippen LogP contribution is -2.14. The van der Waals surface area contributed by atoms with E-state index in [4.69, 9.17) is 11.6 Å². The third-order valence-electron chi connectivity index (χ3n) is 3.51. The first-order chi connectivity index (χ1) is 11.4. The lowest BCUT2D eigenvalue weighted by Gasteiger charge is -2.09. The lowest BCUT2D eigenvalue weighted by atomic mass is 10.2. The first kappa shape index (κ1) is 16.5. The zero-order valence-electron chi connectivity index (χ0n) is 13.0. The van der Waals surface area contributed by atoms with Crippen molar-refractivity contribution in [1.29, 1.82) is 0 Å². The predicted molar refractivity (Wildman–Crippen MR) is 94.8 cm³/mol. The number of nitrogens with one attached hydrogen (secondary N) is 1. The van der Waals surface area contributed by atoms with E-state index in [9.17, 15) is 8.42 Å². The van der Waals surface area contributed by atoms with E-state index in [2.05, 4.69) is 9.82 Å². The molecule has 0 radical (unpaired) electrons. The van der Waals surface area contributed by atoms with Gasteiger partial charge in [0.1, 0.15) is 0 Å². The maximum atomic E-state index is 12.5. The molecule has 124 valence electrons. The topological polar surface area (TPSA) is 64.0 Å². The Bertz CT molecular complexity index is 953. The summed E-state index contributed by atoms with van der Waals surface area (Å²) < 4.78 is 29.3. The molecule has 0 aliphatic rings. The van der Waals surface area contributed by atoms with Gasteiger partial charge in [-0.05, 0) is 30.2 Å². The average Bonchev–Trinajstić information content (AvgIpc) is 2.97. The van der Waals surface area contributed by atoms with E-state index in [0.29, 0.717) is 22.8 Å². The van der Waals surface area contributed by atoms with E-state index in [1.807, 2.05) is 30.3 Å². The smallest absolute Gasteiger partial charge is 0.262 e. The van der Waals surface area contributed by atoms with Gasteiger partial charge in [-0.15, -0.1) is 0 Å². The molecule has 0 saturated carbocycles. The molecule has 1 heterocycles. The molecule has 2 aromatic carbocycles. The molecule has 0 aliphatic carbocycles. The van der Waals surface area contributed by atoms with Crippen LogP contribution in [0.5, 0.6) is 0 Å². The van der Waals surface area contributed by atoms with Crippen LogP contribution in [-0.2, 0) is 16.6 Å². The van der Waals surface area contributed by atoms with Gasteiger partial charge in [-0.25, -0.2) is 8.42 Å². The Morgan fingerprint density at radius 2 is 1.92 bits per heavy atom. The molecule has 24 heavy (non-hydrogen) atoms. The number of rotatable bonds is 5.